The molecule has 0 saturated heterocycles. The maximum absolute atomic E-state index is 12.2. The zero-order valence-electron chi connectivity index (χ0n) is 10.7. The van der Waals surface area contributed by atoms with Gasteiger partial charge < -0.3 is 0 Å². The van der Waals surface area contributed by atoms with Crippen molar-refractivity contribution in [1.29, 1.82) is 0 Å². The van der Waals surface area contributed by atoms with Gasteiger partial charge in [0, 0.05) is 0 Å². The highest BCUT2D eigenvalue weighted by Crippen LogP contribution is 2.26. The molecule has 0 aliphatic carbocycles. The Kier molecular flexibility index (Phi) is 4.79. The minimum atomic E-state index is -3.63. The number of nitrogens with one attached hydrogen (secondary N) is 1. The third kappa shape index (κ3) is 3.59. The van der Waals surface area contributed by atoms with Crippen molar-refractivity contribution in [2.24, 2.45) is 0 Å². The Morgan fingerprint density at radius 3 is 2.65 bits per heavy atom. The highest BCUT2D eigenvalue weighted by molar-refractivity contribution is 8.01. The van der Waals surface area contributed by atoms with Crippen LogP contribution in [-0.2, 0) is 10.0 Å². The fourth-order valence-electron chi connectivity index (χ4n) is 1.39. The third-order valence-electron chi connectivity index (χ3n) is 2.32. The molecule has 0 saturated carbocycles. The summed E-state index contributed by atoms with van der Waals surface area (Å²) in [6.45, 7) is 5.62. The normalized spacial score (nSPS) is 11.2. The molecule has 0 amide bonds. The topological polar surface area (TPSA) is 72.0 Å². The first kappa shape index (κ1) is 15.0. The van der Waals surface area contributed by atoms with Gasteiger partial charge in [-0.3, -0.25) is 4.72 Å². The highest BCUT2D eigenvalue weighted by Gasteiger charge is 2.16. The highest BCUT2D eigenvalue weighted by atomic mass is 32.2. The van der Waals surface area contributed by atoms with E-state index in [9.17, 15) is 8.42 Å². The molecule has 2 rings (SSSR count). The summed E-state index contributed by atoms with van der Waals surface area (Å²) in [6, 6.07) is 6.45. The van der Waals surface area contributed by atoms with E-state index in [0.717, 1.165) is 15.7 Å². The maximum atomic E-state index is 12.2. The molecular formula is C12H13N3O2S3. The Balaban J connectivity index is 2.18. The number of anilines is 1. The summed E-state index contributed by atoms with van der Waals surface area (Å²) < 4.78 is 27.5. The molecule has 20 heavy (non-hydrogen) atoms. The molecular weight excluding hydrogens is 314 g/mol. The van der Waals surface area contributed by atoms with Gasteiger partial charge in [0.25, 0.3) is 10.0 Å². The summed E-state index contributed by atoms with van der Waals surface area (Å²) in [6.07, 6.45) is 1.66. The standard InChI is InChI=1S/C12H13N3O2S3/c1-3-9-5-7-10(8-6-9)20(16,17)15-11-13-14-12(19-11)18-4-2/h3,5-8H,1,4H2,2H3,(H,13,15). The first-order valence-corrected chi connectivity index (χ1v) is 9.05. The summed E-state index contributed by atoms with van der Waals surface area (Å²) in [5.41, 5.74) is 0.862. The largest absolute Gasteiger partial charge is 0.263 e. The summed E-state index contributed by atoms with van der Waals surface area (Å²) in [5.74, 6) is 0.865. The van der Waals surface area contributed by atoms with Crippen LogP contribution in [0.3, 0.4) is 0 Å². The smallest absolute Gasteiger partial charge is 0.253 e. The van der Waals surface area contributed by atoms with E-state index in [2.05, 4.69) is 21.5 Å². The third-order valence-corrected chi connectivity index (χ3v) is 5.66. The molecule has 1 heterocycles. The number of hydrogen-bond acceptors (Lipinski definition) is 6. The second-order valence-electron chi connectivity index (χ2n) is 3.68. The van der Waals surface area contributed by atoms with Crippen molar-refractivity contribution in [3.05, 3.63) is 36.4 Å². The monoisotopic (exact) mass is 327 g/mol. The summed E-state index contributed by atoms with van der Waals surface area (Å²) in [7, 11) is -3.63. The van der Waals surface area contributed by atoms with Crippen LogP contribution in [0, 0.1) is 0 Å². The molecule has 0 spiro atoms. The Hall–Kier alpha value is -1.38. The van der Waals surface area contributed by atoms with Crippen LogP contribution in [0.1, 0.15) is 12.5 Å². The van der Waals surface area contributed by atoms with Crippen molar-refractivity contribution < 1.29 is 8.42 Å². The van der Waals surface area contributed by atoms with Gasteiger partial charge in [0.15, 0.2) is 4.34 Å². The summed E-state index contributed by atoms with van der Waals surface area (Å²) >= 11 is 2.74. The average Bonchev–Trinajstić information content (AvgIpc) is 2.86. The van der Waals surface area contributed by atoms with Gasteiger partial charge in [0.05, 0.1) is 4.90 Å². The van der Waals surface area contributed by atoms with Gasteiger partial charge in [-0.2, -0.15) is 0 Å². The lowest BCUT2D eigenvalue weighted by Crippen LogP contribution is -2.12. The Labute approximate surface area is 126 Å². The Bertz CT molecular complexity index is 693. The van der Waals surface area contributed by atoms with Crippen molar-refractivity contribution in [3.8, 4) is 0 Å². The number of hydrogen-bond donors (Lipinski definition) is 1. The van der Waals surface area contributed by atoms with Crippen LogP contribution in [-0.4, -0.2) is 24.4 Å². The predicted octanol–water partition coefficient (Wildman–Crippen LogP) is 3.09. The van der Waals surface area contributed by atoms with E-state index in [1.807, 2.05) is 6.92 Å². The molecule has 0 unspecified atom stereocenters. The lowest BCUT2D eigenvalue weighted by Gasteiger charge is -2.04. The zero-order valence-corrected chi connectivity index (χ0v) is 13.2. The van der Waals surface area contributed by atoms with Gasteiger partial charge in [-0.05, 0) is 23.4 Å². The van der Waals surface area contributed by atoms with Crippen molar-refractivity contribution in [3.63, 3.8) is 0 Å². The number of thioether (sulfide) groups is 1. The minimum Gasteiger partial charge on any atom is -0.253 e. The molecule has 0 atom stereocenters. The van der Waals surface area contributed by atoms with Crippen LogP contribution in [0.2, 0.25) is 0 Å². The Morgan fingerprint density at radius 2 is 2.05 bits per heavy atom. The van der Waals surface area contributed by atoms with Gasteiger partial charge in [-0.15, -0.1) is 10.2 Å². The molecule has 5 nitrogen and oxygen atoms in total. The van der Waals surface area contributed by atoms with Crippen LogP contribution in [0.5, 0.6) is 0 Å². The second kappa shape index (κ2) is 6.38. The van der Waals surface area contributed by atoms with E-state index in [1.54, 1.807) is 18.2 Å². The molecule has 2 aromatic rings. The number of aromatic nitrogens is 2. The van der Waals surface area contributed by atoms with Crippen LogP contribution < -0.4 is 4.72 Å². The molecule has 1 aromatic heterocycles. The number of nitrogens with zero attached hydrogens (tertiary/aromatic N) is 2. The van der Waals surface area contributed by atoms with E-state index < -0.39 is 10.0 Å². The van der Waals surface area contributed by atoms with Gasteiger partial charge in [-0.25, -0.2) is 8.42 Å². The van der Waals surface area contributed by atoms with Gasteiger partial charge >= 0.3 is 0 Å². The number of benzene rings is 1. The predicted molar refractivity (Wildman–Crippen MR) is 83.6 cm³/mol. The molecule has 0 radical (unpaired) electrons. The van der Waals surface area contributed by atoms with Crippen molar-refractivity contribution in [2.45, 2.75) is 16.2 Å². The van der Waals surface area contributed by atoms with Crippen LogP contribution in [0.15, 0.2) is 40.1 Å². The summed E-state index contributed by atoms with van der Waals surface area (Å²) in [4.78, 5) is 0.183. The molecule has 1 aromatic carbocycles. The number of rotatable bonds is 6. The summed E-state index contributed by atoms with van der Waals surface area (Å²) in [5, 5.41) is 7.99. The first-order chi connectivity index (χ1) is 9.55. The van der Waals surface area contributed by atoms with Crippen molar-refractivity contribution >= 4 is 44.3 Å². The van der Waals surface area contributed by atoms with Crippen molar-refractivity contribution in [1.82, 2.24) is 10.2 Å². The van der Waals surface area contributed by atoms with Crippen LogP contribution >= 0.6 is 23.1 Å². The van der Waals surface area contributed by atoms with E-state index in [1.165, 1.54) is 35.2 Å². The SMILES string of the molecule is C=Cc1ccc(S(=O)(=O)Nc2nnc(SCC)s2)cc1. The molecule has 0 bridgehead atoms. The molecule has 0 aliphatic rings. The lowest BCUT2D eigenvalue weighted by molar-refractivity contribution is 0.601. The lowest BCUT2D eigenvalue weighted by atomic mass is 10.2. The van der Waals surface area contributed by atoms with Crippen LogP contribution in [0.4, 0.5) is 5.13 Å². The molecule has 8 heteroatoms. The Morgan fingerprint density at radius 1 is 1.35 bits per heavy atom. The van der Waals surface area contributed by atoms with Crippen molar-refractivity contribution in [2.75, 3.05) is 10.5 Å². The molecule has 0 fully saturated rings. The molecule has 0 aliphatic heterocycles. The van der Waals surface area contributed by atoms with E-state index in [-0.39, 0.29) is 10.0 Å². The molecule has 1 N–H and O–H groups in total. The minimum absolute atomic E-state index is 0.183. The maximum Gasteiger partial charge on any atom is 0.263 e. The van der Waals surface area contributed by atoms with E-state index in [0.29, 0.717) is 0 Å². The van der Waals surface area contributed by atoms with E-state index in [4.69, 9.17) is 0 Å². The van der Waals surface area contributed by atoms with Gasteiger partial charge in [0.1, 0.15) is 0 Å². The molecule has 106 valence electrons. The zero-order chi connectivity index (χ0) is 14.6. The fourth-order valence-corrected chi connectivity index (χ4v) is 4.27. The first-order valence-electron chi connectivity index (χ1n) is 5.77. The quantitative estimate of drug-likeness (QED) is 0.826. The van der Waals surface area contributed by atoms with Gasteiger partial charge in [0.2, 0.25) is 5.13 Å². The van der Waals surface area contributed by atoms with Gasteiger partial charge in [-0.1, -0.05) is 54.8 Å². The van der Waals surface area contributed by atoms with Crippen LogP contribution in [0.25, 0.3) is 6.08 Å². The average molecular weight is 327 g/mol. The van der Waals surface area contributed by atoms with E-state index >= 15 is 0 Å². The number of sulfonamides is 1. The second-order valence-corrected chi connectivity index (χ2v) is 7.86. The fraction of sp³-hybridized carbons (Fsp3) is 0.167.